The van der Waals surface area contributed by atoms with E-state index in [9.17, 15) is 9.90 Å². The van der Waals surface area contributed by atoms with Crippen LogP contribution in [0.5, 0.6) is 0 Å². The zero-order chi connectivity index (χ0) is 32.9. The maximum atomic E-state index is 12.7. The molecule has 0 spiro atoms. The molecule has 1 aliphatic heterocycles. The van der Waals surface area contributed by atoms with Gasteiger partial charge in [-0.2, -0.15) is 0 Å². The lowest BCUT2D eigenvalue weighted by Crippen LogP contribution is -2.51. The Labute approximate surface area is 280 Å². The van der Waals surface area contributed by atoms with E-state index in [1.54, 1.807) is 5.57 Å². The molecule has 0 bridgehead atoms. The highest BCUT2D eigenvalue weighted by Gasteiger charge is 2.59. The van der Waals surface area contributed by atoms with Crippen molar-refractivity contribution in [3.05, 3.63) is 11.6 Å². The molecule has 1 saturated heterocycles. The lowest BCUT2D eigenvalue weighted by Gasteiger charge is -2.58. The van der Waals surface area contributed by atoms with Gasteiger partial charge in [0.15, 0.2) is 12.6 Å². The number of fused-ring (bicyclic) bond motifs is 5. The second kappa shape index (κ2) is 16.0. The predicted molar refractivity (Wildman–Crippen MR) is 182 cm³/mol. The molecule has 0 radical (unpaired) electrons. The van der Waals surface area contributed by atoms with Gasteiger partial charge < -0.3 is 29.4 Å². The summed E-state index contributed by atoms with van der Waals surface area (Å²) in [6.07, 6.45) is 19.2. The Bertz CT molecular complexity index is 1020. The van der Waals surface area contributed by atoms with Crippen LogP contribution in [0.2, 0.25) is 0 Å². The van der Waals surface area contributed by atoms with E-state index in [2.05, 4.69) is 46.0 Å². The molecule has 5 rings (SSSR count). The van der Waals surface area contributed by atoms with Crippen LogP contribution in [-0.4, -0.2) is 56.2 Å². The van der Waals surface area contributed by atoms with Crippen LogP contribution in [-0.2, 0) is 18.9 Å². The Balaban J connectivity index is 1.01. The van der Waals surface area contributed by atoms with E-state index in [1.807, 2.05) is 0 Å². The van der Waals surface area contributed by atoms with Crippen LogP contribution in [0.3, 0.4) is 0 Å². The molecule has 7 heteroatoms. The number of aliphatic hydroxyl groups is 1. The van der Waals surface area contributed by atoms with Crippen LogP contribution in [0.15, 0.2) is 11.6 Å². The second-order valence-electron chi connectivity index (χ2n) is 16.7. The third-order valence-corrected chi connectivity index (χ3v) is 13.4. The van der Waals surface area contributed by atoms with Crippen molar-refractivity contribution >= 4 is 6.09 Å². The lowest BCUT2D eigenvalue weighted by atomic mass is 9.47. The van der Waals surface area contributed by atoms with Crippen molar-refractivity contribution in [2.24, 2.45) is 46.3 Å². The molecule has 7 nitrogen and oxygen atoms in total. The predicted octanol–water partition coefficient (Wildman–Crippen LogP) is 8.78. The minimum absolute atomic E-state index is 0.00143. The molecular weight excluding hydrogens is 578 g/mol. The van der Waals surface area contributed by atoms with Crippen molar-refractivity contribution in [3.8, 4) is 0 Å². The van der Waals surface area contributed by atoms with E-state index in [0.717, 1.165) is 80.5 Å². The Morgan fingerprint density at radius 2 is 1.83 bits per heavy atom. The molecule has 11 atom stereocenters. The van der Waals surface area contributed by atoms with Crippen molar-refractivity contribution in [2.45, 2.75) is 162 Å². The van der Waals surface area contributed by atoms with Gasteiger partial charge >= 0.3 is 6.09 Å². The summed E-state index contributed by atoms with van der Waals surface area (Å²) in [6.45, 7) is 13.8. The first-order chi connectivity index (χ1) is 22.0. The number of carbonyl (C=O) groups is 1. The molecule has 1 unspecified atom stereocenters. The number of ether oxygens (including phenoxy) is 4. The standard InChI is InChI=1S/C39H67NO6/c1-26(2)12-11-13-27(3)31-16-17-32-30-15-14-28-24-29(18-20-38(28,4)33(30)19-21-39(31,32)5)45-37(42)40-22-9-7-8-10-23-44-35-25-34(41)36(43-6)46-35/h14,26-27,29-36,41H,7-13,15-25H2,1-6H3,(H,40,42)/t27-,29+,30+,31-,32+,33+,34?,35+,36+,38+,39-/m1/s1. The number of nitrogens with one attached hydrogen (secondary N) is 1. The largest absolute Gasteiger partial charge is 0.446 e. The lowest BCUT2D eigenvalue weighted by molar-refractivity contribution is -0.207. The van der Waals surface area contributed by atoms with Crippen molar-refractivity contribution in [2.75, 3.05) is 20.3 Å². The number of aliphatic hydroxyl groups excluding tert-OH is 1. The summed E-state index contributed by atoms with van der Waals surface area (Å²) in [5.74, 6) is 5.08. The Morgan fingerprint density at radius 1 is 1.02 bits per heavy atom. The summed E-state index contributed by atoms with van der Waals surface area (Å²) in [7, 11) is 1.53. The summed E-state index contributed by atoms with van der Waals surface area (Å²) >= 11 is 0. The number of carbonyl (C=O) groups excluding carboxylic acids is 1. The normalized spacial score (nSPS) is 39.3. The third-order valence-electron chi connectivity index (χ3n) is 13.4. The van der Waals surface area contributed by atoms with Crippen LogP contribution in [0.4, 0.5) is 4.79 Å². The maximum Gasteiger partial charge on any atom is 0.407 e. The number of allylic oxidation sites excluding steroid dienone is 1. The Kier molecular flexibility index (Phi) is 12.6. The first-order valence-corrected chi connectivity index (χ1v) is 19.2. The molecule has 2 N–H and O–H groups in total. The summed E-state index contributed by atoms with van der Waals surface area (Å²) < 4.78 is 22.2. The number of rotatable bonds is 15. The third kappa shape index (κ3) is 8.17. The summed E-state index contributed by atoms with van der Waals surface area (Å²) in [5, 5.41) is 12.8. The molecule has 3 saturated carbocycles. The van der Waals surface area contributed by atoms with Gasteiger partial charge in [-0.15, -0.1) is 0 Å². The quantitative estimate of drug-likeness (QED) is 0.137. The monoisotopic (exact) mass is 645 g/mol. The van der Waals surface area contributed by atoms with Gasteiger partial charge in [-0.25, -0.2) is 4.79 Å². The van der Waals surface area contributed by atoms with Crippen LogP contribution in [0.25, 0.3) is 0 Å². The van der Waals surface area contributed by atoms with Crippen molar-refractivity contribution in [1.29, 1.82) is 0 Å². The highest BCUT2D eigenvalue weighted by atomic mass is 16.8. The molecule has 0 aromatic heterocycles. The van der Waals surface area contributed by atoms with Crippen LogP contribution < -0.4 is 5.32 Å². The number of alkyl carbamates (subject to hydrolysis) is 1. The Morgan fingerprint density at radius 3 is 2.59 bits per heavy atom. The molecule has 46 heavy (non-hydrogen) atoms. The summed E-state index contributed by atoms with van der Waals surface area (Å²) in [5.41, 5.74) is 2.38. The van der Waals surface area contributed by atoms with Crippen LogP contribution >= 0.6 is 0 Å². The topological polar surface area (TPSA) is 86.2 Å². The van der Waals surface area contributed by atoms with E-state index in [-0.39, 0.29) is 17.6 Å². The van der Waals surface area contributed by atoms with Crippen LogP contribution in [0, 0.1) is 46.3 Å². The minimum Gasteiger partial charge on any atom is -0.446 e. The first kappa shape index (κ1) is 36.1. The van der Waals surface area contributed by atoms with Crippen molar-refractivity contribution < 1.29 is 28.8 Å². The van der Waals surface area contributed by atoms with E-state index in [0.29, 0.717) is 25.0 Å². The number of hydrogen-bond acceptors (Lipinski definition) is 6. The zero-order valence-corrected chi connectivity index (χ0v) is 30.1. The Hall–Kier alpha value is -1.15. The van der Waals surface area contributed by atoms with Gasteiger partial charge in [-0.05, 0) is 104 Å². The number of methoxy groups -OCH3 is 1. The van der Waals surface area contributed by atoms with Gasteiger partial charge in [-0.1, -0.05) is 78.4 Å². The molecular formula is C39H67NO6. The highest BCUT2D eigenvalue weighted by Crippen LogP contribution is 2.67. The van der Waals surface area contributed by atoms with Gasteiger partial charge in [0, 0.05) is 33.1 Å². The van der Waals surface area contributed by atoms with Crippen molar-refractivity contribution in [3.63, 3.8) is 0 Å². The molecule has 4 aliphatic carbocycles. The van der Waals surface area contributed by atoms with E-state index in [4.69, 9.17) is 18.9 Å². The SMILES string of the molecule is CO[C@H]1O[C@H](OCCCCCCNC(=O)O[C@H]2CC[C@@]3(C)C(=CC[C@H]4[C@@H]5CC[C@H]([C@H](C)CCCC(C)C)[C@@]5(C)CC[C@@H]43)C2)CC1O. The van der Waals surface area contributed by atoms with E-state index < -0.39 is 18.7 Å². The molecule has 0 aromatic rings. The van der Waals surface area contributed by atoms with E-state index >= 15 is 0 Å². The molecule has 4 fully saturated rings. The molecule has 264 valence electrons. The smallest absolute Gasteiger partial charge is 0.407 e. The molecule has 1 amide bonds. The van der Waals surface area contributed by atoms with Gasteiger partial charge in [0.2, 0.25) is 0 Å². The molecule has 5 aliphatic rings. The first-order valence-electron chi connectivity index (χ1n) is 19.2. The fourth-order valence-corrected chi connectivity index (χ4v) is 10.9. The number of hydrogen-bond donors (Lipinski definition) is 2. The van der Waals surface area contributed by atoms with E-state index in [1.165, 1.54) is 58.5 Å². The number of amides is 1. The molecule has 0 aromatic carbocycles. The highest BCUT2D eigenvalue weighted by molar-refractivity contribution is 5.67. The zero-order valence-electron chi connectivity index (χ0n) is 30.1. The van der Waals surface area contributed by atoms with Gasteiger partial charge in [0.1, 0.15) is 12.2 Å². The maximum absolute atomic E-state index is 12.7. The fraction of sp³-hybridized carbons (Fsp3) is 0.923. The molecule has 1 heterocycles. The fourth-order valence-electron chi connectivity index (χ4n) is 10.9. The average molecular weight is 646 g/mol. The summed E-state index contributed by atoms with van der Waals surface area (Å²) in [4.78, 5) is 12.7. The summed E-state index contributed by atoms with van der Waals surface area (Å²) in [6, 6.07) is 0. The second-order valence-corrected chi connectivity index (χ2v) is 16.7. The van der Waals surface area contributed by atoms with Crippen LogP contribution in [0.1, 0.15) is 137 Å². The van der Waals surface area contributed by atoms with Crippen molar-refractivity contribution in [1.82, 2.24) is 5.32 Å². The van der Waals surface area contributed by atoms with Gasteiger partial charge in [0.25, 0.3) is 0 Å². The number of unbranched alkanes of at least 4 members (excludes halogenated alkanes) is 3. The average Bonchev–Trinajstić information content (AvgIpc) is 3.56. The minimum atomic E-state index is -0.627. The van der Waals surface area contributed by atoms with Gasteiger partial charge in [0.05, 0.1) is 0 Å². The van der Waals surface area contributed by atoms with Gasteiger partial charge in [-0.3, -0.25) is 0 Å².